The highest BCUT2D eigenvalue weighted by molar-refractivity contribution is 6.33. The molecule has 0 bridgehead atoms. The number of pyridine rings is 1. The fourth-order valence-corrected chi connectivity index (χ4v) is 3.86. The number of fused-ring (bicyclic) bond motifs is 1. The van der Waals surface area contributed by atoms with Crippen molar-refractivity contribution in [1.29, 1.82) is 0 Å². The molecule has 2 N–H and O–H groups in total. The van der Waals surface area contributed by atoms with Gasteiger partial charge in [0, 0.05) is 24.3 Å². The Kier molecular flexibility index (Phi) is 4.66. The molecule has 10 heteroatoms. The van der Waals surface area contributed by atoms with Crippen molar-refractivity contribution in [2.24, 2.45) is 0 Å². The highest BCUT2D eigenvalue weighted by Crippen LogP contribution is 2.31. The molecule has 0 amide bonds. The molecule has 1 saturated heterocycles. The number of ether oxygens (including phenoxy) is 1. The molecular formula is C20H19ClN6O3. The fourth-order valence-electron chi connectivity index (χ4n) is 3.60. The first-order valence-corrected chi connectivity index (χ1v) is 10.1. The molecule has 1 aliphatic rings. The first kappa shape index (κ1) is 18.7. The average Bonchev–Trinajstić information content (AvgIpc) is 3.48. The van der Waals surface area contributed by atoms with Gasteiger partial charge in [0.25, 0.3) is 6.01 Å². The maximum atomic E-state index is 11.1. The van der Waals surface area contributed by atoms with Crippen LogP contribution >= 0.6 is 11.6 Å². The number of benzene rings is 1. The van der Waals surface area contributed by atoms with Crippen molar-refractivity contribution in [3.05, 3.63) is 51.7 Å². The van der Waals surface area contributed by atoms with Gasteiger partial charge in [-0.2, -0.15) is 4.98 Å². The Morgan fingerprint density at radius 3 is 2.63 bits per heavy atom. The molecule has 0 radical (unpaired) electrons. The van der Waals surface area contributed by atoms with Gasteiger partial charge in [0.05, 0.1) is 16.2 Å². The molecule has 0 unspecified atom stereocenters. The number of hydrogen-bond acceptors (Lipinski definition) is 7. The van der Waals surface area contributed by atoms with E-state index in [1.54, 1.807) is 13.0 Å². The number of imidazole rings is 1. The van der Waals surface area contributed by atoms with Crippen molar-refractivity contribution in [1.82, 2.24) is 25.1 Å². The summed E-state index contributed by atoms with van der Waals surface area (Å²) in [5.41, 5.74) is 3.92. The van der Waals surface area contributed by atoms with Gasteiger partial charge < -0.3 is 14.6 Å². The summed E-state index contributed by atoms with van der Waals surface area (Å²) in [4.78, 5) is 28.0. The third kappa shape index (κ3) is 3.52. The molecular weight excluding hydrogens is 408 g/mol. The van der Waals surface area contributed by atoms with Crippen LogP contribution in [0.1, 0.15) is 31.7 Å². The number of aromatic amines is 2. The standard InChI is InChI=1S/C20H19ClN6O3/c1-11(17-25-20(28)30-26-17)29-19-22-15-10-14(21)16(23-18(15)24-19)12-4-6-13(7-5-12)27-8-2-3-9-27/h4-7,10-11H,2-3,8-9H2,1H3,(H,22,23,24)(H,25,26,28)/t11-/m0/s1. The number of hydrogen-bond donors (Lipinski definition) is 2. The highest BCUT2D eigenvalue weighted by atomic mass is 35.5. The van der Waals surface area contributed by atoms with Crippen molar-refractivity contribution >= 4 is 28.5 Å². The lowest BCUT2D eigenvalue weighted by atomic mass is 10.1. The minimum Gasteiger partial charge on any atom is -0.453 e. The third-order valence-electron chi connectivity index (χ3n) is 5.15. The quantitative estimate of drug-likeness (QED) is 0.500. The van der Waals surface area contributed by atoms with Crippen LogP contribution in [0.3, 0.4) is 0 Å². The normalized spacial score (nSPS) is 15.1. The summed E-state index contributed by atoms with van der Waals surface area (Å²) in [6.07, 6.45) is 1.91. The van der Waals surface area contributed by atoms with E-state index in [2.05, 4.69) is 46.6 Å². The van der Waals surface area contributed by atoms with Crippen molar-refractivity contribution < 1.29 is 9.26 Å². The van der Waals surface area contributed by atoms with Gasteiger partial charge in [-0.3, -0.25) is 9.51 Å². The zero-order valence-electron chi connectivity index (χ0n) is 16.2. The number of H-pyrrole nitrogens is 2. The molecule has 1 fully saturated rings. The third-order valence-corrected chi connectivity index (χ3v) is 5.44. The number of anilines is 1. The van der Waals surface area contributed by atoms with Gasteiger partial charge in [0.1, 0.15) is 0 Å². The van der Waals surface area contributed by atoms with Crippen LogP contribution in [0.25, 0.3) is 22.4 Å². The maximum absolute atomic E-state index is 11.1. The summed E-state index contributed by atoms with van der Waals surface area (Å²) in [5, 5.41) is 4.13. The molecule has 30 heavy (non-hydrogen) atoms. The van der Waals surface area contributed by atoms with Crippen molar-refractivity contribution in [2.45, 2.75) is 25.9 Å². The molecule has 0 aliphatic carbocycles. The monoisotopic (exact) mass is 426 g/mol. The second-order valence-electron chi connectivity index (χ2n) is 7.21. The number of nitrogens with one attached hydrogen (secondary N) is 2. The van der Waals surface area contributed by atoms with E-state index < -0.39 is 11.9 Å². The summed E-state index contributed by atoms with van der Waals surface area (Å²) in [6.45, 7) is 3.91. The molecule has 154 valence electrons. The second-order valence-corrected chi connectivity index (χ2v) is 7.62. The van der Waals surface area contributed by atoms with E-state index in [9.17, 15) is 4.79 Å². The number of aromatic nitrogens is 5. The Labute approximate surface area is 176 Å². The van der Waals surface area contributed by atoms with Gasteiger partial charge in [-0.25, -0.2) is 9.78 Å². The largest absolute Gasteiger partial charge is 0.453 e. The molecule has 1 aliphatic heterocycles. The summed E-state index contributed by atoms with van der Waals surface area (Å²) < 4.78 is 10.2. The van der Waals surface area contributed by atoms with Gasteiger partial charge in [0.2, 0.25) is 0 Å². The van der Waals surface area contributed by atoms with Gasteiger partial charge >= 0.3 is 5.76 Å². The molecule has 0 saturated carbocycles. The molecule has 0 spiro atoms. The van der Waals surface area contributed by atoms with Crippen molar-refractivity contribution in [3.63, 3.8) is 0 Å². The zero-order chi connectivity index (χ0) is 20.7. The van der Waals surface area contributed by atoms with E-state index >= 15 is 0 Å². The Hall–Kier alpha value is -3.33. The van der Waals surface area contributed by atoms with E-state index in [1.165, 1.54) is 18.5 Å². The number of nitrogens with zero attached hydrogens (tertiary/aromatic N) is 4. The lowest BCUT2D eigenvalue weighted by Gasteiger charge is -2.17. The lowest BCUT2D eigenvalue weighted by Crippen LogP contribution is -2.17. The predicted molar refractivity (Wildman–Crippen MR) is 112 cm³/mol. The zero-order valence-corrected chi connectivity index (χ0v) is 16.9. The van der Waals surface area contributed by atoms with E-state index in [-0.39, 0.29) is 11.8 Å². The van der Waals surface area contributed by atoms with Crippen LogP contribution in [-0.2, 0) is 0 Å². The Morgan fingerprint density at radius 2 is 1.93 bits per heavy atom. The number of halogens is 1. The number of rotatable bonds is 5. The molecule has 9 nitrogen and oxygen atoms in total. The van der Waals surface area contributed by atoms with Crippen LogP contribution in [0, 0.1) is 0 Å². The second kappa shape index (κ2) is 7.49. The molecule has 4 heterocycles. The smallest absolute Gasteiger partial charge is 0.439 e. The Balaban J connectivity index is 1.41. The average molecular weight is 427 g/mol. The molecule has 4 aromatic rings. The molecule has 5 rings (SSSR count). The Morgan fingerprint density at radius 1 is 1.17 bits per heavy atom. The summed E-state index contributed by atoms with van der Waals surface area (Å²) >= 11 is 6.49. The lowest BCUT2D eigenvalue weighted by molar-refractivity contribution is 0.195. The van der Waals surface area contributed by atoms with Crippen LogP contribution in [0.4, 0.5) is 5.69 Å². The Bertz CT molecular complexity index is 1240. The van der Waals surface area contributed by atoms with E-state index in [0.29, 0.717) is 21.9 Å². The first-order valence-electron chi connectivity index (χ1n) is 9.71. The predicted octanol–water partition coefficient (Wildman–Crippen LogP) is 3.69. The fraction of sp³-hybridized carbons (Fsp3) is 0.300. The van der Waals surface area contributed by atoms with E-state index in [0.717, 1.165) is 18.7 Å². The maximum Gasteiger partial charge on any atom is 0.439 e. The van der Waals surface area contributed by atoms with E-state index in [1.807, 2.05) is 12.1 Å². The SMILES string of the molecule is C[C@H](Oc1nc2nc(-c3ccc(N4CCCC4)cc3)c(Cl)cc2[nH]1)c1noc(=O)[nH]1. The van der Waals surface area contributed by atoms with Gasteiger partial charge in [0.15, 0.2) is 17.6 Å². The van der Waals surface area contributed by atoms with Crippen LogP contribution < -0.4 is 15.4 Å². The minimum absolute atomic E-state index is 0.242. The molecule has 1 atom stereocenters. The molecule has 3 aromatic heterocycles. The first-order chi connectivity index (χ1) is 14.6. The van der Waals surface area contributed by atoms with Crippen LogP contribution in [0.5, 0.6) is 6.01 Å². The minimum atomic E-state index is -0.640. The van der Waals surface area contributed by atoms with Gasteiger partial charge in [-0.05, 0) is 38.0 Å². The van der Waals surface area contributed by atoms with E-state index in [4.69, 9.17) is 16.3 Å². The molecule has 1 aromatic carbocycles. The highest BCUT2D eigenvalue weighted by Gasteiger charge is 2.17. The van der Waals surface area contributed by atoms with Gasteiger partial charge in [-0.1, -0.05) is 28.9 Å². The topological polar surface area (TPSA) is 113 Å². The van der Waals surface area contributed by atoms with Crippen molar-refractivity contribution in [3.8, 4) is 17.3 Å². The summed E-state index contributed by atoms with van der Waals surface area (Å²) in [5.74, 6) is -0.371. The van der Waals surface area contributed by atoms with Crippen molar-refractivity contribution in [2.75, 3.05) is 18.0 Å². The van der Waals surface area contributed by atoms with Crippen LogP contribution in [0.15, 0.2) is 39.6 Å². The summed E-state index contributed by atoms with van der Waals surface area (Å²) in [7, 11) is 0. The van der Waals surface area contributed by atoms with Gasteiger partial charge in [-0.15, -0.1) is 0 Å². The summed E-state index contributed by atoms with van der Waals surface area (Å²) in [6, 6.07) is 10.3. The van der Waals surface area contributed by atoms with Crippen LogP contribution in [0.2, 0.25) is 5.02 Å². The van der Waals surface area contributed by atoms with Crippen LogP contribution in [-0.4, -0.2) is 38.2 Å².